The van der Waals surface area contributed by atoms with E-state index in [0.717, 1.165) is 58.0 Å². The molecule has 3 heterocycles. The molecule has 3 amide bonds. The van der Waals surface area contributed by atoms with E-state index in [0.29, 0.717) is 19.6 Å². The van der Waals surface area contributed by atoms with Crippen LogP contribution in [0, 0.1) is 0 Å². The number of aromatic amines is 1. The minimum atomic E-state index is -0.729. The third kappa shape index (κ3) is 6.24. The highest BCUT2D eigenvalue weighted by Crippen LogP contribution is 2.37. The topological polar surface area (TPSA) is 74.9 Å². The van der Waals surface area contributed by atoms with Gasteiger partial charge in [0.25, 0.3) is 0 Å². The van der Waals surface area contributed by atoms with E-state index in [2.05, 4.69) is 56.5 Å². The zero-order chi connectivity index (χ0) is 29.9. The first kappa shape index (κ1) is 29.1. The van der Waals surface area contributed by atoms with Gasteiger partial charge in [0.05, 0.1) is 5.69 Å². The molecule has 0 bridgehead atoms. The molecule has 1 fully saturated rings. The average Bonchev–Trinajstić information content (AvgIpc) is 3.47. The number of rotatable bonds is 7. The van der Waals surface area contributed by atoms with Crippen LogP contribution in [-0.2, 0) is 11.3 Å². The predicted octanol–water partition coefficient (Wildman–Crippen LogP) is 5.37. The molecule has 224 valence electrons. The summed E-state index contributed by atoms with van der Waals surface area (Å²) >= 11 is 1.78. The van der Waals surface area contributed by atoms with Crippen molar-refractivity contribution in [2.75, 3.05) is 62.4 Å². The largest absolute Gasteiger partial charge is 0.368 e. The molecular weight excluding hydrogens is 556 g/mol. The molecule has 2 N–H and O–H groups in total. The van der Waals surface area contributed by atoms with Crippen molar-refractivity contribution in [3.05, 3.63) is 90.1 Å². The van der Waals surface area contributed by atoms with E-state index in [1.54, 1.807) is 11.8 Å². The van der Waals surface area contributed by atoms with Gasteiger partial charge in [0, 0.05) is 78.6 Å². The van der Waals surface area contributed by atoms with E-state index in [4.69, 9.17) is 0 Å². The highest BCUT2D eigenvalue weighted by atomic mass is 32.2. The molecule has 0 spiro atoms. The average molecular weight is 597 g/mol. The number of anilines is 2. The van der Waals surface area contributed by atoms with E-state index in [-0.39, 0.29) is 17.9 Å². The normalized spacial score (nSPS) is 16.7. The van der Waals surface area contributed by atoms with E-state index in [9.17, 15) is 9.59 Å². The first-order chi connectivity index (χ1) is 20.9. The van der Waals surface area contributed by atoms with Gasteiger partial charge < -0.3 is 29.9 Å². The Balaban J connectivity index is 1.27. The lowest BCUT2D eigenvalue weighted by atomic mass is 9.91. The molecule has 3 aromatic carbocycles. The molecule has 9 heteroatoms. The van der Waals surface area contributed by atoms with E-state index >= 15 is 0 Å². The number of benzene rings is 3. The molecule has 8 nitrogen and oxygen atoms in total. The summed E-state index contributed by atoms with van der Waals surface area (Å²) in [6.07, 6.45) is 1.98. The molecule has 1 saturated heterocycles. The second-order valence-corrected chi connectivity index (χ2v) is 12.8. The number of carbonyl (C=O) groups excluding carboxylic acids is 2. The van der Waals surface area contributed by atoms with Crippen molar-refractivity contribution in [3.63, 3.8) is 0 Å². The molecule has 2 aliphatic heterocycles. The van der Waals surface area contributed by atoms with Crippen LogP contribution in [0.1, 0.15) is 24.0 Å². The van der Waals surface area contributed by atoms with Gasteiger partial charge in [-0.25, -0.2) is 4.79 Å². The molecule has 2 atom stereocenters. The number of urea groups is 1. The standard InChI is InChI=1S/C34H40N6O2S/c1-24(28-22-35-29-12-8-7-11-27(28)29)32(36-34(42)39-17-15-38(16-18-39)26-9-5-4-6-10-26)33(41)40-19-20-43-31-14-13-25(21-30(31)40)23-37(2)3/h4-14,21-22,24,32,35H,15-20,23H2,1-3H3,(H,36,42)/t24-,32+/m0/s1. The van der Waals surface area contributed by atoms with Crippen LogP contribution in [0.2, 0.25) is 0 Å². The summed E-state index contributed by atoms with van der Waals surface area (Å²) in [4.78, 5) is 41.0. The molecule has 0 unspecified atom stereocenters. The number of hydrogen-bond donors (Lipinski definition) is 2. The van der Waals surface area contributed by atoms with Crippen LogP contribution in [0.5, 0.6) is 0 Å². The number of thioether (sulfide) groups is 1. The lowest BCUT2D eigenvalue weighted by Crippen LogP contribution is -2.58. The molecule has 0 radical (unpaired) electrons. The van der Waals surface area contributed by atoms with Crippen molar-refractivity contribution in [2.24, 2.45) is 0 Å². The third-order valence-corrected chi connectivity index (χ3v) is 9.54. The van der Waals surface area contributed by atoms with Crippen LogP contribution < -0.4 is 15.1 Å². The monoisotopic (exact) mass is 596 g/mol. The van der Waals surface area contributed by atoms with Crippen LogP contribution in [0.3, 0.4) is 0 Å². The number of para-hydroxylation sites is 2. The van der Waals surface area contributed by atoms with Gasteiger partial charge >= 0.3 is 6.03 Å². The molecular formula is C34H40N6O2S. The summed E-state index contributed by atoms with van der Waals surface area (Å²) in [5.41, 5.74) is 5.30. The Kier molecular flexibility index (Phi) is 8.63. The Hall–Kier alpha value is -3.95. The number of H-pyrrole nitrogens is 1. The summed E-state index contributed by atoms with van der Waals surface area (Å²) in [7, 11) is 4.09. The first-order valence-electron chi connectivity index (χ1n) is 15.0. The maximum atomic E-state index is 14.6. The minimum Gasteiger partial charge on any atom is -0.368 e. The Morgan fingerprint density at radius 3 is 2.47 bits per heavy atom. The van der Waals surface area contributed by atoms with Crippen molar-refractivity contribution in [2.45, 2.75) is 30.3 Å². The lowest BCUT2D eigenvalue weighted by Gasteiger charge is -2.38. The quantitative estimate of drug-likeness (QED) is 0.300. The van der Waals surface area contributed by atoms with Gasteiger partial charge in [0.1, 0.15) is 6.04 Å². The van der Waals surface area contributed by atoms with Crippen molar-refractivity contribution in [1.82, 2.24) is 20.1 Å². The predicted molar refractivity (Wildman–Crippen MR) is 176 cm³/mol. The molecule has 2 aliphatic rings. The molecule has 0 saturated carbocycles. The zero-order valence-electron chi connectivity index (χ0n) is 25.1. The Labute approximate surface area is 258 Å². The number of nitrogens with one attached hydrogen (secondary N) is 2. The van der Waals surface area contributed by atoms with Gasteiger partial charge in [-0.05, 0) is 55.6 Å². The van der Waals surface area contributed by atoms with Gasteiger partial charge in [-0.3, -0.25) is 4.79 Å². The van der Waals surface area contributed by atoms with Crippen LogP contribution in [0.25, 0.3) is 10.9 Å². The Morgan fingerprint density at radius 2 is 1.70 bits per heavy atom. The minimum absolute atomic E-state index is 0.0717. The van der Waals surface area contributed by atoms with E-state index < -0.39 is 6.04 Å². The van der Waals surface area contributed by atoms with Gasteiger partial charge in [-0.1, -0.05) is 49.4 Å². The van der Waals surface area contributed by atoms with Crippen LogP contribution in [0.4, 0.5) is 16.2 Å². The van der Waals surface area contributed by atoms with Gasteiger partial charge in [-0.15, -0.1) is 11.8 Å². The third-order valence-electron chi connectivity index (χ3n) is 8.50. The van der Waals surface area contributed by atoms with Gasteiger partial charge in [-0.2, -0.15) is 0 Å². The van der Waals surface area contributed by atoms with Crippen LogP contribution >= 0.6 is 11.8 Å². The Morgan fingerprint density at radius 1 is 0.953 bits per heavy atom. The maximum absolute atomic E-state index is 14.6. The van der Waals surface area contributed by atoms with Crippen LogP contribution in [0.15, 0.2) is 83.9 Å². The fourth-order valence-corrected chi connectivity index (χ4v) is 7.18. The number of aromatic nitrogens is 1. The summed E-state index contributed by atoms with van der Waals surface area (Å²) in [5, 5.41) is 4.29. The fourth-order valence-electron chi connectivity index (χ4n) is 6.21. The summed E-state index contributed by atoms with van der Waals surface area (Å²) < 4.78 is 0. The van der Waals surface area contributed by atoms with Crippen molar-refractivity contribution in [3.8, 4) is 0 Å². The van der Waals surface area contributed by atoms with Crippen LogP contribution in [-0.4, -0.2) is 85.3 Å². The number of fused-ring (bicyclic) bond motifs is 2. The molecule has 43 heavy (non-hydrogen) atoms. The molecule has 4 aromatic rings. The number of piperazine rings is 1. The number of carbonyl (C=O) groups is 2. The smallest absolute Gasteiger partial charge is 0.318 e. The van der Waals surface area contributed by atoms with E-state index in [1.165, 1.54) is 5.69 Å². The summed E-state index contributed by atoms with van der Waals surface area (Å²) in [6, 6.07) is 23.9. The summed E-state index contributed by atoms with van der Waals surface area (Å²) in [5.74, 6) is 0.494. The first-order valence-corrected chi connectivity index (χ1v) is 16.0. The molecule has 6 rings (SSSR count). The zero-order valence-corrected chi connectivity index (χ0v) is 25.9. The SMILES string of the molecule is C[C@@H](c1c[nH]c2ccccc12)[C@@H](NC(=O)N1CCN(c2ccccc2)CC1)C(=O)N1CCSc2ccc(CN(C)C)cc21. The number of nitrogens with zero attached hydrogens (tertiary/aromatic N) is 4. The second kappa shape index (κ2) is 12.7. The van der Waals surface area contributed by atoms with Crippen molar-refractivity contribution < 1.29 is 9.59 Å². The Bertz CT molecular complexity index is 1580. The van der Waals surface area contributed by atoms with Crippen molar-refractivity contribution >= 4 is 46.0 Å². The van der Waals surface area contributed by atoms with Crippen molar-refractivity contribution in [1.29, 1.82) is 0 Å². The van der Waals surface area contributed by atoms with Gasteiger partial charge in [0.2, 0.25) is 5.91 Å². The fraction of sp³-hybridized carbons (Fsp3) is 0.353. The lowest BCUT2D eigenvalue weighted by molar-refractivity contribution is -0.120. The highest BCUT2D eigenvalue weighted by molar-refractivity contribution is 7.99. The van der Waals surface area contributed by atoms with E-state index in [1.807, 2.05) is 73.4 Å². The molecule has 0 aliphatic carbocycles. The highest BCUT2D eigenvalue weighted by Gasteiger charge is 2.36. The number of amides is 3. The molecule has 1 aromatic heterocycles. The number of hydrogen-bond acceptors (Lipinski definition) is 5. The second-order valence-electron chi connectivity index (χ2n) is 11.7. The maximum Gasteiger partial charge on any atom is 0.318 e. The van der Waals surface area contributed by atoms with Gasteiger partial charge in [0.15, 0.2) is 0 Å². The summed E-state index contributed by atoms with van der Waals surface area (Å²) in [6.45, 7) is 6.14.